The van der Waals surface area contributed by atoms with Crippen molar-refractivity contribution in [3.8, 4) is 0 Å². The normalized spacial score (nSPS) is 24.6. The zero-order valence-corrected chi connectivity index (χ0v) is 6.04. The average Bonchev–Trinajstić information content (AvgIpc) is 2.08. The predicted molar refractivity (Wildman–Crippen MR) is 33.7 cm³/mol. The molecule has 6 nitrogen and oxygen atoms in total. The third-order valence-corrected chi connectivity index (χ3v) is 2.19. The second-order valence-electron chi connectivity index (χ2n) is 1.95. The molecule has 1 aliphatic heterocycles. The fourth-order valence-electron chi connectivity index (χ4n) is 0.679. The Morgan fingerprint density at radius 1 is 1.64 bits per heavy atom. The molecule has 0 saturated heterocycles. The van der Waals surface area contributed by atoms with Gasteiger partial charge < -0.3 is 10.5 Å². The van der Waals surface area contributed by atoms with Crippen LogP contribution >= 0.6 is 0 Å². The van der Waals surface area contributed by atoms with Gasteiger partial charge in [0, 0.05) is 0 Å². The van der Waals surface area contributed by atoms with E-state index in [4.69, 9.17) is 10.3 Å². The molecule has 0 aliphatic carbocycles. The van der Waals surface area contributed by atoms with E-state index in [-0.39, 0.29) is 5.70 Å². The number of rotatable bonds is 1. The van der Waals surface area contributed by atoms with Crippen molar-refractivity contribution in [3.05, 3.63) is 12.0 Å². The van der Waals surface area contributed by atoms with Crippen LogP contribution in [0.25, 0.3) is 0 Å². The van der Waals surface area contributed by atoms with Crippen molar-refractivity contribution in [2.75, 3.05) is 0 Å². The highest BCUT2D eigenvalue weighted by Crippen LogP contribution is 2.14. The molecule has 0 bridgehead atoms. The van der Waals surface area contributed by atoms with E-state index in [2.05, 4.69) is 4.74 Å². The summed E-state index contributed by atoms with van der Waals surface area (Å²) in [6.45, 7) is 0. The van der Waals surface area contributed by atoms with Crippen LogP contribution in [0.5, 0.6) is 0 Å². The van der Waals surface area contributed by atoms with Gasteiger partial charge in [-0.3, -0.25) is 4.55 Å². The Kier molecular flexibility index (Phi) is 1.61. The van der Waals surface area contributed by atoms with Gasteiger partial charge in [0.05, 0.1) is 5.70 Å². The minimum absolute atomic E-state index is 0.308. The lowest BCUT2D eigenvalue weighted by atomic mass is 10.4. The van der Waals surface area contributed by atoms with Crippen LogP contribution in [0.4, 0.5) is 0 Å². The monoisotopic (exact) mass is 179 g/mol. The summed E-state index contributed by atoms with van der Waals surface area (Å²) in [7, 11) is -4.47. The predicted octanol–water partition coefficient (Wildman–Crippen LogP) is -1.40. The van der Waals surface area contributed by atoms with Crippen LogP contribution < -0.4 is 5.73 Å². The summed E-state index contributed by atoms with van der Waals surface area (Å²) in [4.78, 5) is 10.5. The summed E-state index contributed by atoms with van der Waals surface area (Å²) >= 11 is 0. The molecule has 1 unspecified atom stereocenters. The molecule has 7 heteroatoms. The van der Waals surface area contributed by atoms with Crippen molar-refractivity contribution in [1.29, 1.82) is 0 Å². The Hall–Kier alpha value is -1.08. The molecule has 11 heavy (non-hydrogen) atoms. The topological polar surface area (TPSA) is 107 Å². The summed E-state index contributed by atoms with van der Waals surface area (Å²) < 4.78 is 33.3. The first kappa shape index (κ1) is 8.02. The Labute approximate surface area is 62.4 Å². The van der Waals surface area contributed by atoms with E-state index < -0.39 is 21.3 Å². The largest absolute Gasteiger partial charge is 0.431 e. The fraction of sp³-hybridized carbons (Fsp3) is 0.250. The van der Waals surface area contributed by atoms with E-state index in [0.29, 0.717) is 0 Å². The second-order valence-corrected chi connectivity index (χ2v) is 3.45. The number of cyclic esters (lactones) is 1. The van der Waals surface area contributed by atoms with Crippen LogP contribution in [0.15, 0.2) is 12.0 Å². The molecule has 0 spiro atoms. The van der Waals surface area contributed by atoms with Crippen molar-refractivity contribution in [3.63, 3.8) is 0 Å². The summed E-state index contributed by atoms with van der Waals surface area (Å²) in [6.07, 6.45) is 0.792. The maximum atomic E-state index is 10.5. The number of hydrogen-bond acceptors (Lipinski definition) is 5. The number of ether oxygens (including phenoxy) is 1. The summed E-state index contributed by atoms with van der Waals surface area (Å²) in [5, 5.41) is -1.75. The van der Waals surface area contributed by atoms with Gasteiger partial charge in [0.15, 0.2) is 0 Å². The molecular weight excluding hydrogens is 174 g/mol. The van der Waals surface area contributed by atoms with Gasteiger partial charge in [-0.1, -0.05) is 0 Å². The SMILES string of the molecule is NC1=COC(=O)C1S(=O)(=O)O. The summed E-state index contributed by atoms with van der Waals surface area (Å²) in [5.41, 5.74) is 4.72. The third-order valence-electron chi connectivity index (χ3n) is 1.13. The van der Waals surface area contributed by atoms with Gasteiger partial charge in [0.25, 0.3) is 10.1 Å². The van der Waals surface area contributed by atoms with Crippen LogP contribution in [0.2, 0.25) is 0 Å². The minimum Gasteiger partial charge on any atom is -0.431 e. The molecule has 0 radical (unpaired) electrons. The molecule has 0 aromatic carbocycles. The van der Waals surface area contributed by atoms with Crippen LogP contribution in [-0.2, 0) is 19.6 Å². The highest BCUT2D eigenvalue weighted by molar-refractivity contribution is 7.87. The summed E-state index contributed by atoms with van der Waals surface area (Å²) in [5.74, 6) is -1.08. The second kappa shape index (κ2) is 2.21. The van der Waals surface area contributed by atoms with Gasteiger partial charge in [0.2, 0.25) is 5.25 Å². The molecule has 1 atom stereocenters. The van der Waals surface area contributed by atoms with Gasteiger partial charge in [-0.05, 0) is 0 Å². The minimum atomic E-state index is -4.47. The Morgan fingerprint density at radius 2 is 2.18 bits per heavy atom. The van der Waals surface area contributed by atoms with E-state index in [1.54, 1.807) is 0 Å². The van der Waals surface area contributed by atoms with Gasteiger partial charge in [-0.15, -0.1) is 0 Å². The van der Waals surface area contributed by atoms with Gasteiger partial charge in [-0.2, -0.15) is 8.42 Å². The molecule has 62 valence electrons. The molecule has 1 rings (SSSR count). The van der Waals surface area contributed by atoms with Crippen molar-refractivity contribution in [2.24, 2.45) is 5.73 Å². The number of nitrogens with two attached hydrogens (primary N) is 1. The molecule has 0 aromatic rings. The lowest BCUT2D eigenvalue weighted by molar-refractivity contribution is -0.135. The van der Waals surface area contributed by atoms with E-state index in [1.807, 2.05) is 0 Å². The fourth-order valence-corrected chi connectivity index (χ4v) is 1.38. The van der Waals surface area contributed by atoms with Gasteiger partial charge >= 0.3 is 5.97 Å². The number of carbonyl (C=O) groups excluding carboxylic acids is 1. The van der Waals surface area contributed by atoms with Crippen LogP contribution in [-0.4, -0.2) is 24.2 Å². The van der Waals surface area contributed by atoms with Crippen molar-refractivity contribution < 1.29 is 22.5 Å². The molecule has 1 heterocycles. The molecular formula is C4H5NO5S. The summed E-state index contributed by atoms with van der Waals surface area (Å²) in [6, 6.07) is 0. The van der Waals surface area contributed by atoms with Crippen LogP contribution in [0.1, 0.15) is 0 Å². The van der Waals surface area contributed by atoms with E-state index >= 15 is 0 Å². The third kappa shape index (κ3) is 1.33. The smallest absolute Gasteiger partial charge is 0.338 e. The standard InChI is InChI=1S/C4H5NO5S/c5-2-1-10-4(6)3(2)11(7,8)9/h1,3H,5H2,(H,7,8,9). The maximum Gasteiger partial charge on any atom is 0.338 e. The Balaban J connectivity index is 3.06. The molecule has 0 amide bonds. The molecule has 0 saturated carbocycles. The molecule has 3 N–H and O–H groups in total. The quantitative estimate of drug-likeness (QED) is 0.378. The highest BCUT2D eigenvalue weighted by atomic mass is 32.2. The first-order valence-electron chi connectivity index (χ1n) is 2.55. The highest BCUT2D eigenvalue weighted by Gasteiger charge is 2.39. The Morgan fingerprint density at radius 3 is 2.36 bits per heavy atom. The molecule has 0 aromatic heterocycles. The lowest BCUT2D eigenvalue weighted by Gasteiger charge is -2.01. The lowest BCUT2D eigenvalue weighted by Crippen LogP contribution is -2.31. The first-order valence-corrected chi connectivity index (χ1v) is 4.05. The van der Waals surface area contributed by atoms with Crippen LogP contribution in [0.3, 0.4) is 0 Å². The van der Waals surface area contributed by atoms with E-state index in [1.165, 1.54) is 0 Å². The zero-order valence-electron chi connectivity index (χ0n) is 5.22. The van der Waals surface area contributed by atoms with Gasteiger partial charge in [0.1, 0.15) is 6.26 Å². The molecule has 1 aliphatic rings. The van der Waals surface area contributed by atoms with E-state index in [0.717, 1.165) is 6.26 Å². The first-order chi connectivity index (χ1) is 4.93. The Bertz CT molecular complexity index is 315. The number of carbonyl (C=O) groups is 1. The van der Waals surface area contributed by atoms with Gasteiger partial charge in [-0.25, -0.2) is 4.79 Å². The number of hydrogen-bond donors (Lipinski definition) is 2. The zero-order chi connectivity index (χ0) is 8.65. The maximum absolute atomic E-state index is 10.5. The number of esters is 1. The average molecular weight is 179 g/mol. The van der Waals surface area contributed by atoms with E-state index in [9.17, 15) is 13.2 Å². The molecule has 0 fully saturated rings. The van der Waals surface area contributed by atoms with Crippen molar-refractivity contribution in [1.82, 2.24) is 0 Å². The van der Waals surface area contributed by atoms with Crippen molar-refractivity contribution >= 4 is 16.1 Å². The van der Waals surface area contributed by atoms with Crippen LogP contribution in [0, 0.1) is 0 Å². The van der Waals surface area contributed by atoms with Crippen molar-refractivity contribution in [2.45, 2.75) is 5.25 Å².